The molecule has 0 bridgehead atoms. The fourth-order valence-electron chi connectivity index (χ4n) is 3.25. The number of amides is 1. The second kappa shape index (κ2) is 9.99. The van der Waals surface area contributed by atoms with E-state index in [-0.39, 0.29) is 29.4 Å². The number of aryl methyl sites for hydroxylation is 1. The first kappa shape index (κ1) is 22.7. The van der Waals surface area contributed by atoms with Crippen LogP contribution < -0.4 is 20.1 Å². The van der Waals surface area contributed by atoms with Gasteiger partial charge in [-0.05, 0) is 29.8 Å². The van der Waals surface area contributed by atoms with Gasteiger partial charge in [0.2, 0.25) is 5.95 Å². The van der Waals surface area contributed by atoms with E-state index in [1.54, 1.807) is 10.9 Å². The molecule has 2 N–H and O–H groups in total. The summed E-state index contributed by atoms with van der Waals surface area (Å²) >= 11 is 0. The Labute approximate surface area is 195 Å². The van der Waals surface area contributed by atoms with Gasteiger partial charge >= 0.3 is 0 Å². The number of anilines is 2. The third-order valence-corrected chi connectivity index (χ3v) is 5.03. The van der Waals surface area contributed by atoms with E-state index < -0.39 is 5.82 Å². The zero-order valence-corrected chi connectivity index (χ0v) is 18.9. The van der Waals surface area contributed by atoms with Crippen molar-refractivity contribution in [2.24, 2.45) is 7.05 Å². The van der Waals surface area contributed by atoms with Crippen molar-refractivity contribution < 1.29 is 18.7 Å². The highest BCUT2D eigenvalue weighted by molar-refractivity contribution is 5.94. The second-order valence-electron chi connectivity index (χ2n) is 7.37. The SMILES string of the molecule is CNC(=O)c1cc(COc2cnc(Nc3ccc(-c4cnn(C)c4)cc3)nc2)c(F)c(OC)c1. The number of hydrogen-bond acceptors (Lipinski definition) is 7. The zero-order chi connectivity index (χ0) is 24.1. The molecule has 4 aromatic rings. The number of ether oxygens (including phenoxy) is 2. The van der Waals surface area contributed by atoms with Gasteiger partial charge in [-0.1, -0.05) is 12.1 Å². The summed E-state index contributed by atoms with van der Waals surface area (Å²) in [6, 6.07) is 10.6. The summed E-state index contributed by atoms with van der Waals surface area (Å²) in [6.07, 6.45) is 6.72. The average molecular weight is 462 g/mol. The summed E-state index contributed by atoms with van der Waals surface area (Å²) in [6.45, 7) is -0.126. The van der Waals surface area contributed by atoms with Crippen molar-refractivity contribution >= 4 is 17.5 Å². The summed E-state index contributed by atoms with van der Waals surface area (Å²) in [7, 11) is 4.71. The molecule has 2 aromatic heterocycles. The third kappa shape index (κ3) is 5.12. The van der Waals surface area contributed by atoms with E-state index in [2.05, 4.69) is 25.7 Å². The van der Waals surface area contributed by atoms with Crippen LogP contribution in [0.25, 0.3) is 11.1 Å². The zero-order valence-electron chi connectivity index (χ0n) is 18.9. The number of aromatic nitrogens is 4. The molecule has 0 saturated carbocycles. The van der Waals surface area contributed by atoms with Gasteiger partial charge in [0.05, 0.1) is 25.7 Å². The summed E-state index contributed by atoms with van der Waals surface area (Å²) in [5.74, 6) is -0.252. The minimum Gasteiger partial charge on any atom is -0.494 e. The average Bonchev–Trinajstić information content (AvgIpc) is 3.30. The van der Waals surface area contributed by atoms with Gasteiger partial charge < -0.3 is 20.1 Å². The standard InChI is InChI=1S/C24H23FN6O3/c1-26-23(32)16-8-17(22(25)21(9-16)33-3)14-34-20-11-27-24(28-12-20)30-19-6-4-15(5-7-19)18-10-29-31(2)13-18/h4-13H,14H2,1-3H3,(H,26,32)(H,27,28,30). The summed E-state index contributed by atoms with van der Waals surface area (Å²) < 4.78 is 27.0. The van der Waals surface area contributed by atoms with E-state index in [4.69, 9.17) is 9.47 Å². The lowest BCUT2D eigenvalue weighted by Crippen LogP contribution is -2.18. The van der Waals surface area contributed by atoms with Crippen LogP contribution in [-0.4, -0.2) is 39.8 Å². The van der Waals surface area contributed by atoms with Crippen LogP contribution in [-0.2, 0) is 13.7 Å². The van der Waals surface area contributed by atoms with Crippen LogP contribution >= 0.6 is 0 Å². The van der Waals surface area contributed by atoms with Crippen LogP contribution in [0.3, 0.4) is 0 Å². The molecule has 0 aliphatic rings. The highest BCUT2D eigenvalue weighted by atomic mass is 19.1. The van der Waals surface area contributed by atoms with Crippen molar-refractivity contribution in [2.45, 2.75) is 6.61 Å². The minimum absolute atomic E-state index is 0.0370. The molecular formula is C24H23FN6O3. The number of nitrogens with zero attached hydrogens (tertiary/aromatic N) is 4. The molecule has 2 heterocycles. The maximum atomic E-state index is 14.6. The van der Waals surface area contributed by atoms with Crippen molar-refractivity contribution in [1.82, 2.24) is 25.1 Å². The molecule has 2 aromatic carbocycles. The molecule has 0 radical (unpaired) electrons. The van der Waals surface area contributed by atoms with Gasteiger partial charge in [0, 0.05) is 42.7 Å². The Balaban J connectivity index is 1.40. The topological polar surface area (TPSA) is 103 Å². The molecule has 10 heteroatoms. The van der Waals surface area contributed by atoms with Crippen molar-refractivity contribution in [3.8, 4) is 22.6 Å². The van der Waals surface area contributed by atoms with Crippen molar-refractivity contribution in [1.29, 1.82) is 0 Å². The number of benzene rings is 2. The second-order valence-corrected chi connectivity index (χ2v) is 7.37. The van der Waals surface area contributed by atoms with Gasteiger partial charge in [0.25, 0.3) is 5.91 Å². The lowest BCUT2D eigenvalue weighted by molar-refractivity contribution is 0.0962. The van der Waals surface area contributed by atoms with Crippen LogP contribution in [0.4, 0.5) is 16.0 Å². The number of hydrogen-bond donors (Lipinski definition) is 2. The number of carbonyl (C=O) groups excluding carboxylic acids is 1. The van der Waals surface area contributed by atoms with E-state index >= 15 is 0 Å². The molecule has 0 aliphatic heterocycles. The lowest BCUT2D eigenvalue weighted by Gasteiger charge is -2.12. The van der Waals surface area contributed by atoms with Crippen molar-refractivity contribution in [3.05, 3.63) is 78.1 Å². The van der Waals surface area contributed by atoms with Crippen LogP contribution in [0.5, 0.6) is 11.5 Å². The molecule has 9 nitrogen and oxygen atoms in total. The number of carbonyl (C=O) groups is 1. The summed E-state index contributed by atoms with van der Waals surface area (Å²) in [4.78, 5) is 20.4. The quantitative estimate of drug-likeness (QED) is 0.411. The Kier molecular flexibility index (Phi) is 6.67. The first-order chi connectivity index (χ1) is 16.5. The van der Waals surface area contributed by atoms with E-state index in [1.807, 2.05) is 37.5 Å². The van der Waals surface area contributed by atoms with Gasteiger partial charge in [-0.3, -0.25) is 9.48 Å². The molecule has 0 unspecified atom stereocenters. The Hall–Kier alpha value is -4.47. The van der Waals surface area contributed by atoms with Crippen LogP contribution in [0.2, 0.25) is 0 Å². The molecule has 0 spiro atoms. The van der Waals surface area contributed by atoms with Crippen molar-refractivity contribution in [3.63, 3.8) is 0 Å². The van der Waals surface area contributed by atoms with Crippen LogP contribution in [0, 0.1) is 5.82 Å². The Bertz CT molecular complexity index is 1290. The smallest absolute Gasteiger partial charge is 0.251 e. The maximum Gasteiger partial charge on any atom is 0.251 e. The largest absolute Gasteiger partial charge is 0.494 e. The lowest BCUT2D eigenvalue weighted by atomic mass is 10.1. The monoisotopic (exact) mass is 462 g/mol. The Morgan fingerprint density at radius 2 is 1.82 bits per heavy atom. The van der Waals surface area contributed by atoms with E-state index in [9.17, 15) is 9.18 Å². The summed E-state index contributed by atoms with van der Waals surface area (Å²) in [5.41, 5.74) is 3.34. The van der Waals surface area contributed by atoms with Gasteiger partial charge in [-0.15, -0.1) is 0 Å². The molecule has 174 valence electrons. The highest BCUT2D eigenvalue weighted by Crippen LogP contribution is 2.25. The van der Waals surface area contributed by atoms with Crippen molar-refractivity contribution in [2.75, 3.05) is 19.5 Å². The number of methoxy groups -OCH3 is 1. The fourth-order valence-corrected chi connectivity index (χ4v) is 3.25. The molecule has 0 saturated heterocycles. The van der Waals surface area contributed by atoms with Crippen LogP contribution in [0.1, 0.15) is 15.9 Å². The normalized spacial score (nSPS) is 10.6. The van der Waals surface area contributed by atoms with Gasteiger partial charge in [-0.25, -0.2) is 14.4 Å². The molecule has 0 aliphatic carbocycles. The van der Waals surface area contributed by atoms with E-state index in [0.717, 1.165) is 16.8 Å². The Morgan fingerprint density at radius 1 is 1.09 bits per heavy atom. The highest BCUT2D eigenvalue weighted by Gasteiger charge is 2.15. The Morgan fingerprint density at radius 3 is 2.44 bits per heavy atom. The minimum atomic E-state index is -0.593. The number of nitrogens with one attached hydrogen (secondary N) is 2. The number of rotatable bonds is 8. The maximum absolute atomic E-state index is 14.6. The molecule has 0 atom stereocenters. The number of halogens is 1. The van der Waals surface area contributed by atoms with Gasteiger partial charge in [0.1, 0.15) is 6.61 Å². The molecule has 0 fully saturated rings. The molecule has 4 rings (SSSR count). The van der Waals surface area contributed by atoms with Gasteiger partial charge in [-0.2, -0.15) is 5.10 Å². The first-order valence-corrected chi connectivity index (χ1v) is 10.4. The molecular weight excluding hydrogens is 439 g/mol. The third-order valence-electron chi connectivity index (χ3n) is 5.03. The summed E-state index contributed by atoms with van der Waals surface area (Å²) in [5, 5.41) is 9.80. The predicted molar refractivity (Wildman–Crippen MR) is 125 cm³/mol. The van der Waals surface area contributed by atoms with Gasteiger partial charge in [0.15, 0.2) is 17.3 Å². The fraction of sp³-hybridized carbons (Fsp3) is 0.167. The molecule has 1 amide bonds. The molecule has 34 heavy (non-hydrogen) atoms. The predicted octanol–water partition coefficient (Wildman–Crippen LogP) is 3.71. The van der Waals surface area contributed by atoms with E-state index in [0.29, 0.717) is 11.7 Å². The van der Waals surface area contributed by atoms with Crippen LogP contribution in [0.15, 0.2) is 61.2 Å². The van der Waals surface area contributed by atoms with E-state index in [1.165, 1.54) is 38.7 Å². The first-order valence-electron chi connectivity index (χ1n) is 10.4.